The Morgan fingerprint density at radius 2 is 1.68 bits per heavy atom. The zero-order chi connectivity index (χ0) is 19.2. The molecule has 4 rings (SSSR count). The Hall–Kier alpha value is -2.78. The van der Waals surface area contributed by atoms with E-state index in [4.69, 9.17) is 4.74 Å². The first kappa shape index (κ1) is 18.6. The summed E-state index contributed by atoms with van der Waals surface area (Å²) in [6, 6.07) is 25.2. The zero-order valence-corrected chi connectivity index (χ0v) is 16.4. The highest BCUT2D eigenvalue weighted by Crippen LogP contribution is 2.29. The second-order valence-corrected chi connectivity index (χ2v) is 7.52. The van der Waals surface area contributed by atoms with Gasteiger partial charge in [0.1, 0.15) is 12.4 Å². The SMILES string of the molecule is CC(CCc1cccc2[nH]c3ccccc3c12)CNCCOc1ccccc1. The summed E-state index contributed by atoms with van der Waals surface area (Å²) in [7, 11) is 0. The second-order valence-electron chi connectivity index (χ2n) is 7.52. The number of H-pyrrole nitrogens is 1. The van der Waals surface area contributed by atoms with Crippen LogP contribution >= 0.6 is 0 Å². The molecule has 1 heterocycles. The maximum absolute atomic E-state index is 5.73. The van der Waals surface area contributed by atoms with Crippen molar-refractivity contribution in [3.63, 3.8) is 0 Å². The Labute approximate surface area is 166 Å². The molecule has 0 saturated carbocycles. The number of para-hydroxylation sites is 2. The van der Waals surface area contributed by atoms with Gasteiger partial charge in [0.25, 0.3) is 0 Å². The molecule has 28 heavy (non-hydrogen) atoms. The van der Waals surface area contributed by atoms with Crippen LogP contribution in [0, 0.1) is 5.92 Å². The van der Waals surface area contributed by atoms with Gasteiger partial charge in [-0.25, -0.2) is 0 Å². The van der Waals surface area contributed by atoms with E-state index < -0.39 is 0 Å². The fourth-order valence-corrected chi connectivity index (χ4v) is 3.80. The third kappa shape index (κ3) is 4.37. The van der Waals surface area contributed by atoms with Crippen LogP contribution in [-0.2, 0) is 6.42 Å². The van der Waals surface area contributed by atoms with Crippen LogP contribution in [0.2, 0.25) is 0 Å². The number of aromatic nitrogens is 1. The van der Waals surface area contributed by atoms with Crippen LogP contribution in [0.5, 0.6) is 5.75 Å². The molecule has 3 nitrogen and oxygen atoms in total. The number of benzene rings is 3. The first-order valence-electron chi connectivity index (χ1n) is 10.2. The first-order valence-corrected chi connectivity index (χ1v) is 10.2. The Kier molecular flexibility index (Phi) is 5.93. The van der Waals surface area contributed by atoms with Gasteiger partial charge in [-0.1, -0.05) is 55.5 Å². The molecule has 0 aliphatic carbocycles. The van der Waals surface area contributed by atoms with Crippen molar-refractivity contribution in [2.24, 2.45) is 5.92 Å². The van der Waals surface area contributed by atoms with Crippen LogP contribution in [0.3, 0.4) is 0 Å². The highest BCUT2D eigenvalue weighted by molar-refractivity contribution is 6.08. The number of nitrogens with one attached hydrogen (secondary N) is 2. The van der Waals surface area contributed by atoms with E-state index in [0.717, 1.165) is 25.3 Å². The van der Waals surface area contributed by atoms with Crippen molar-refractivity contribution in [2.45, 2.75) is 19.8 Å². The molecule has 0 radical (unpaired) electrons. The number of rotatable bonds is 9. The van der Waals surface area contributed by atoms with E-state index in [-0.39, 0.29) is 0 Å². The van der Waals surface area contributed by atoms with Gasteiger partial charge in [-0.15, -0.1) is 0 Å². The van der Waals surface area contributed by atoms with Gasteiger partial charge < -0.3 is 15.0 Å². The normalized spacial score (nSPS) is 12.5. The van der Waals surface area contributed by atoms with Crippen molar-refractivity contribution < 1.29 is 4.74 Å². The van der Waals surface area contributed by atoms with Crippen LogP contribution in [0.25, 0.3) is 21.8 Å². The Morgan fingerprint density at radius 1 is 0.893 bits per heavy atom. The molecular weight excluding hydrogens is 344 g/mol. The number of ether oxygens (including phenoxy) is 1. The number of hydrogen-bond acceptors (Lipinski definition) is 2. The number of aryl methyl sites for hydroxylation is 1. The molecular formula is C25H28N2O. The monoisotopic (exact) mass is 372 g/mol. The highest BCUT2D eigenvalue weighted by Gasteiger charge is 2.10. The second kappa shape index (κ2) is 8.94. The summed E-state index contributed by atoms with van der Waals surface area (Å²) in [4.78, 5) is 3.54. The molecule has 3 heteroatoms. The fraction of sp³-hybridized carbons (Fsp3) is 0.280. The van der Waals surface area contributed by atoms with Gasteiger partial charge >= 0.3 is 0 Å². The molecule has 1 atom stereocenters. The summed E-state index contributed by atoms with van der Waals surface area (Å²) in [5, 5.41) is 6.24. The van der Waals surface area contributed by atoms with Crippen LogP contribution < -0.4 is 10.1 Å². The van der Waals surface area contributed by atoms with Crippen molar-refractivity contribution >= 4 is 21.8 Å². The lowest BCUT2D eigenvalue weighted by molar-refractivity contribution is 0.309. The smallest absolute Gasteiger partial charge is 0.119 e. The molecule has 2 N–H and O–H groups in total. The van der Waals surface area contributed by atoms with Crippen molar-refractivity contribution in [1.29, 1.82) is 0 Å². The molecule has 1 aromatic heterocycles. The lowest BCUT2D eigenvalue weighted by atomic mass is 9.97. The van der Waals surface area contributed by atoms with Crippen molar-refractivity contribution in [3.8, 4) is 5.75 Å². The predicted molar refractivity (Wildman–Crippen MR) is 118 cm³/mol. The van der Waals surface area contributed by atoms with Gasteiger partial charge in [-0.2, -0.15) is 0 Å². The molecule has 0 bridgehead atoms. The fourth-order valence-electron chi connectivity index (χ4n) is 3.80. The molecule has 0 amide bonds. The Morgan fingerprint density at radius 3 is 2.57 bits per heavy atom. The van der Waals surface area contributed by atoms with Crippen LogP contribution in [0.4, 0.5) is 0 Å². The largest absolute Gasteiger partial charge is 0.492 e. The van der Waals surface area contributed by atoms with Gasteiger partial charge in [0.2, 0.25) is 0 Å². The summed E-state index contributed by atoms with van der Waals surface area (Å²) in [5.41, 5.74) is 3.90. The maximum atomic E-state index is 5.73. The van der Waals surface area contributed by atoms with Crippen LogP contribution in [0.1, 0.15) is 18.9 Å². The molecule has 0 saturated heterocycles. The molecule has 144 valence electrons. The van der Waals surface area contributed by atoms with E-state index in [1.807, 2.05) is 30.3 Å². The zero-order valence-electron chi connectivity index (χ0n) is 16.4. The number of hydrogen-bond donors (Lipinski definition) is 2. The van der Waals surface area contributed by atoms with E-state index in [0.29, 0.717) is 12.5 Å². The lowest BCUT2D eigenvalue weighted by Crippen LogP contribution is -2.26. The summed E-state index contributed by atoms with van der Waals surface area (Å²) in [6.45, 7) is 4.91. The Bertz CT molecular complexity index is 1020. The quantitative estimate of drug-likeness (QED) is 0.378. The van der Waals surface area contributed by atoms with E-state index in [1.165, 1.54) is 33.8 Å². The summed E-state index contributed by atoms with van der Waals surface area (Å²) >= 11 is 0. The first-order chi connectivity index (χ1) is 13.8. The molecule has 0 aliphatic rings. The predicted octanol–water partition coefficient (Wildman–Crippen LogP) is 5.56. The molecule has 1 unspecified atom stereocenters. The number of aromatic amines is 1. The summed E-state index contributed by atoms with van der Waals surface area (Å²) in [5.74, 6) is 1.56. The van der Waals surface area contributed by atoms with Crippen LogP contribution in [0.15, 0.2) is 72.8 Å². The van der Waals surface area contributed by atoms with Gasteiger partial charge in [-0.3, -0.25) is 0 Å². The van der Waals surface area contributed by atoms with Gasteiger partial charge in [0.05, 0.1) is 0 Å². The van der Waals surface area contributed by atoms with Crippen molar-refractivity contribution in [1.82, 2.24) is 10.3 Å². The third-order valence-corrected chi connectivity index (χ3v) is 5.31. The van der Waals surface area contributed by atoms with Gasteiger partial charge in [0, 0.05) is 28.4 Å². The average molecular weight is 373 g/mol. The van der Waals surface area contributed by atoms with Crippen LogP contribution in [-0.4, -0.2) is 24.7 Å². The number of fused-ring (bicyclic) bond motifs is 3. The van der Waals surface area contributed by atoms with Crippen molar-refractivity contribution in [3.05, 3.63) is 78.4 Å². The molecule has 4 aromatic rings. The summed E-state index contributed by atoms with van der Waals surface area (Å²) < 4.78 is 5.73. The van der Waals surface area contributed by atoms with E-state index in [1.54, 1.807) is 0 Å². The Balaban J connectivity index is 1.27. The minimum atomic E-state index is 0.622. The van der Waals surface area contributed by atoms with Crippen molar-refractivity contribution in [2.75, 3.05) is 19.7 Å². The van der Waals surface area contributed by atoms with E-state index in [9.17, 15) is 0 Å². The maximum Gasteiger partial charge on any atom is 0.119 e. The average Bonchev–Trinajstić information content (AvgIpc) is 3.12. The topological polar surface area (TPSA) is 37.0 Å². The van der Waals surface area contributed by atoms with Gasteiger partial charge in [-0.05, 0) is 55.1 Å². The highest BCUT2D eigenvalue weighted by atomic mass is 16.5. The molecule has 0 spiro atoms. The summed E-state index contributed by atoms with van der Waals surface area (Å²) in [6.07, 6.45) is 2.27. The van der Waals surface area contributed by atoms with Gasteiger partial charge in [0.15, 0.2) is 0 Å². The molecule has 3 aromatic carbocycles. The lowest BCUT2D eigenvalue weighted by Gasteiger charge is -2.13. The molecule has 0 fully saturated rings. The molecule has 0 aliphatic heterocycles. The van der Waals surface area contributed by atoms with E-state index in [2.05, 4.69) is 59.7 Å². The minimum absolute atomic E-state index is 0.622. The van der Waals surface area contributed by atoms with E-state index >= 15 is 0 Å². The standard InChI is InChI=1S/C25H28N2O/c1-19(18-26-16-17-28-21-9-3-2-4-10-21)14-15-20-8-7-13-24-25(20)22-11-5-6-12-23(22)27-24/h2-13,19,26-27H,14-18H2,1H3. The minimum Gasteiger partial charge on any atom is -0.492 e. The third-order valence-electron chi connectivity index (χ3n) is 5.31.